The van der Waals surface area contributed by atoms with Gasteiger partial charge in [-0.2, -0.15) is 0 Å². The lowest BCUT2D eigenvalue weighted by atomic mass is 10.1. The van der Waals surface area contributed by atoms with Gasteiger partial charge in [0.05, 0.1) is 12.7 Å². The maximum absolute atomic E-state index is 12.2. The van der Waals surface area contributed by atoms with Crippen LogP contribution >= 0.6 is 0 Å². The number of benzene rings is 2. The van der Waals surface area contributed by atoms with Gasteiger partial charge in [0.15, 0.2) is 0 Å². The first-order valence-electron chi connectivity index (χ1n) is 8.39. The molecule has 0 spiro atoms. The van der Waals surface area contributed by atoms with Gasteiger partial charge < -0.3 is 15.4 Å². The first-order valence-corrected chi connectivity index (χ1v) is 8.39. The fourth-order valence-electron chi connectivity index (χ4n) is 2.37. The van der Waals surface area contributed by atoms with E-state index in [0.717, 1.165) is 12.0 Å². The predicted molar refractivity (Wildman–Crippen MR) is 98.9 cm³/mol. The van der Waals surface area contributed by atoms with E-state index in [1.165, 1.54) is 7.11 Å². The van der Waals surface area contributed by atoms with Crippen molar-refractivity contribution in [2.24, 2.45) is 0 Å². The molecule has 2 rings (SSSR count). The molecular formula is C20H22N2O4. The molecule has 136 valence electrons. The highest BCUT2D eigenvalue weighted by molar-refractivity contribution is 5.96. The third kappa shape index (κ3) is 5.44. The minimum atomic E-state index is -0.445. The molecule has 0 radical (unpaired) electrons. The predicted octanol–water partition coefficient (Wildman–Crippen LogP) is 3.14. The summed E-state index contributed by atoms with van der Waals surface area (Å²) in [5.41, 5.74) is 2.42. The molecule has 2 amide bonds. The zero-order chi connectivity index (χ0) is 18.9. The van der Waals surface area contributed by atoms with Crippen molar-refractivity contribution < 1.29 is 19.1 Å². The highest BCUT2D eigenvalue weighted by Crippen LogP contribution is 2.12. The Morgan fingerprint density at radius 1 is 1.00 bits per heavy atom. The third-order valence-electron chi connectivity index (χ3n) is 3.71. The fraction of sp³-hybridized carbons (Fsp3) is 0.250. The molecule has 26 heavy (non-hydrogen) atoms. The molecule has 2 N–H and O–H groups in total. The van der Waals surface area contributed by atoms with Crippen LogP contribution in [-0.4, -0.2) is 24.9 Å². The quantitative estimate of drug-likeness (QED) is 0.748. The summed E-state index contributed by atoms with van der Waals surface area (Å²) in [5, 5.41) is 5.65. The Hall–Kier alpha value is -3.15. The number of hydrogen-bond donors (Lipinski definition) is 2. The molecule has 6 heteroatoms. The fourth-order valence-corrected chi connectivity index (χ4v) is 2.37. The second-order valence-corrected chi connectivity index (χ2v) is 5.75. The Morgan fingerprint density at radius 2 is 1.69 bits per heavy atom. The van der Waals surface area contributed by atoms with Crippen molar-refractivity contribution in [1.82, 2.24) is 5.32 Å². The summed E-state index contributed by atoms with van der Waals surface area (Å²) in [5.74, 6) is -0.722. The van der Waals surface area contributed by atoms with Crippen molar-refractivity contribution in [3.63, 3.8) is 0 Å². The second-order valence-electron chi connectivity index (χ2n) is 5.75. The molecule has 0 bridgehead atoms. The summed E-state index contributed by atoms with van der Waals surface area (Å²) in [4.78, 5) is 35.3. The van der Waals surface area contributed by atoms with E-state index in [0.29, 0.717) is 29.8 Å². The highest BCUT2D eigenvalue weighted by Gasteiger charge is 2.09. The van der Waals surface area contributed by atoms with Crippen LogP contribution in [0.4, 0.5) is 5.69 Å². The van der Waals surface area contributed by atoms with Crippen molar-refractivity contribution in [2.75, 3.05) is 12.4 Å². The largest absolute Gasteiger partial charge is 0.465 e. The topological polar surface area (TPSA) is 84.5 Å². The monoisotopic (exact) mass is 354 g/mol. The summed E-state index contributed by atoms with van der Waals surface area (Å²) in [7, 11) is 1.31. The maximum Gasteiger partial charge on any atom is 0.337 e. The lowest BCUT2D eigenvalue weighted by molar-refractivity contribution is -0.116. The molecule has 0 fully saturated rings. The Labute approximate surface area is 152 Å². The van der Waals surface area contributed by atoms with Crippen LogP contribution in [0.15, 0.2) is 48.5 Å². The summed E-state index contributed by atoms with van der Waals surface area (Å²) in [6, 6.07) is 13.6. The number of carbonyl (C=O) groups is 3. The van der Waals surface area contributed by atoms with Crippen LogP contribution in [0.25, 0.3) is 0 Å². The summed E-state index contributed by atoms with van der Waals surface area (Å²) < 4.78 is 4.63. The second kappa shape index (κ2) is 9.36. The Morgan fingerprint density at radius 3 is 2.35 bits per heavy atom. The number of carbonyl (C=O) groups excluding carboxylic acids is 3. The number of nitrogens with one attached hydrogen (secondary N) is 2. The lowest BCUT2D eigenvalue weighted by Crippen LogP contribution is -2.23. The summed E-state index contributed by atoms with van der Waals surface area (Å²) >= 11 is 0. The van der Waals surface area contributed by atoms with Crippen LogP contribution in [-0.2, 0) is 16.1 Å². The molecule has 2 aromatic rings. The van der Waals surface area contributed by atoms with Gasteiger partial charge in [-0.25, -0.2) is 4.79 Å². The van der Waals surface area contributed by atoms with Crippen molar-refractivity contribution in [3.8, 4) is 0 Å². The SMILES string of the molecule is CCCC(=O)Nc1cccc(CNC(=O)c2ccc(C(=O)OC)cc2)c1. The summed E-state index contributed by atoms with van der Waals surface area (Å²) in [6.07, 6.45) is 1.26. The minimum Gasteiger partial charge on any atom is -0.465 e. The van der Waals surface area contributed by atoms with Crippen molar-refractivity contribution in [2.45, 2.75) is 26.3 Å². The van der Waals surface area contributed by atoms with Crippen LogP contribution in [0.5, 0.6) is 0 Å². The molecule has 0 aliphatic rings. The van der Waals surface area contributed by atoms with Crippen LogP contribution in [0, 0.1) is 0 Å². The average molecular weight is 354 g/mol. The Balaban J connectivity index is 1.94. The highest BCUT2D eigenvalue weighted by atomic mass is 16.5. The first kappa shape index (κ1) is 19.2. The zero-order valence-corrected chi connectivity index (χ0v) is 14.9. The van der Waals surface area contributed by atoms with Gasteiger partial charge in [0.25, 0.3) is 5.91 Å². The van der Waals surface area contributed by atoms with Gasteiger partial charge in [-0.05, 0) is 48.4 Å². The van der Waals surface area contributed by atoms with Gasteiger partial charge in [-0.3, -0.25) is 9.59 Å². The number of ether oxygens (including phenoxy) is 1. The van der Waals surface area contributed by atoms with Crippen LogP contribution in [0.2, 0.25) is 0 Å². The average Bonchev–Trinajstić information content (AvgIpc) is 2.66. The summed E-state index contributed by atoms with van der Waals surface area (Å²) in [6.45, 7) is 2.28. The number of esters is 1. The van der Waals surface area contributed by atoms with Gasteiger partial charge in [0, 0.05) is 24.2 Å². The number of amides is 2. The zero-order valence-electron chi connectivity index (χ0n) is 14.9. The van der Waals surface area contributed by atoms with Gasteiger partial charge in [-0.1, -0.05) is 19.1 Å². The van der Waals surface area contributed by atoms with E-state index < -0.39 is 5.97 Å². The van der Waals surface area contributed by atoms with E-state index in [2.05, 4.69) is 15.4 Å². The molecule has 0 saturated carbocycles. The molecular weight excluding hydrogens is 332 g/mol. The molecule has 2 aromatic carbocycles. The molecule has 0 aliphatic carbocycles. The van der Waals surface area contributed by atoms with E-state index in [1.807, 2.05) is 31.2 Å². The molecule has 0 aliphatic heterocycles. The molecule has 0 aromatic heterocycles. The van der Waals surface area contributed by atoms with E-state index in [9.17, 15) is 14.4 Å². The molecule has 0 heterocycles. The van der Waals surface area contributed by atoms with Crippen molar-refractivity contribution >= 4 is 23.5 Å². The smallest absolute Gasteiger partial charge is 0.337 e. The van der Waals surface area contributed by atoms with Crippen LogP contribution in [0.1, 0.15) is 46.0 Å². The standard InChI is InChI=1S/C20H22N2O4/c1-3-5-18(23)22-17-7-4-6-14(12-17)13-21-19(24)15-8-10-16(11-9-15)20(25)26-2/h4,6-12H,3,5,13H2,1-2H3,(H,21,24)(H,22,23). The molecule has 0 atom stereocenters. The maximum atomic E-state index is 12.2. The Bertz CT molecular complexity index is 785. The number of hydrogen-bond acceptors (Lipinski definition) is 4. The number of anilines is 1. The van der Waals surface area contributed by atoms with Gasteiger partial charge in [-0.15, -0.1) is 0 Å². The Kier molecular flexibility index (Phi) is 6.91. The lowest BCUT2D eigenvalue weighted by Gasteiger charge is -2.09. The normalized spacial score (nSPS) is 10.1. The van der Waals surface area contributed by atoms with E-state index in [-0.39, 0.29) is 11.8 Å². The van der Waals surface area contributed by atoms with Crippen LogP contribution < -0.4 is 10.6 Å². The van der Waals surface area contributed by atoms with Gasteiger partial charge >= 0.3 is 5.97 Å². The number of methoxy groups -OCH3 is 1. The minimum absolute atomic E-state index is 0.0284. The molecule has 0 saturated heterocycles. The van der Waals surface area contributed by atoms with Gasteiger partial charge in [0.2, 0.25) is 5.91 Å². The van der Waals surface area contributed by atoms with E-state index >= 15 is 0 Å². The van der Waals surface area contributed by atoms with Crippen molar-refractivity contribution in [1.29, 1.82) is 0 Å². The van der Waals surface area contributed by atoms with E-state index in [4.69, 9.17) is 0 Å². The first-order chi connectivity index (χ1) is 12.5. The molecule has 6 nitrogen and oxygen atoms in total. The van der Waals surface area contributed by atoms with E-state index in [1.54, 1.807) is 24.3 Å². The molecule has 0 unspecified atom stereocenters. The van der Waals surface area contributed by atoms with Crippen molar-refractivity contribution in [3.05, 3.63) is 65.2 Å². The van der Waals surface area contributed by atoms with Crippen LogP contribution in [0.3, 0.4) is 0 Å². The van der Waals surface area contributed by atoms with Gasteiger partial charge in [0.1, 0.15) is 0 Å². The number of rotatable bonds is 7. The third-order valence-corrected chi connectivity index (χ3v) is 3.71.